The minimum atomic E-state index is -0.346. The molecule has 33 heavy (non-hydrogen) atoms. The number of carbonyl (C=O) groups excluding carboxylic acids is 2. The van der Waals surface area contributed by atoms with Gasteiger partial charge >= 0.3 is 12.1 Å². The standard InChI is InChI=1S/C25H32N4O4/c1-2-26-24(31)27-19(16-30)15-28-13-11-18(12-14-28)17-33-25(32)29-22-9-5-3-7-20(22)21-8-4-6-10-23(21)29/h3-10,18-19,30H,2,11-17H2,1H3,(H2,26,27,31)/t19-/m1/s1. The van der Waals surface area contributed by atoms with Crippen LogP contribution in [0.25, 0.3) is 21.8 Å². The van der Waals surface area contributed by atoms with E-state index in [0.29, 0.717) is 25.6 Å². The van der Waals surface area contributed by atoms with E-state index < -0.39 is 0 Å². The average Bonchev–Trinajstić information content (AvgIpc) is 3.18. The molecular formula is C25H32N4O4. The number of nitrogens with one attached hydrogen (secondary N) is 2. The van der Waals surface area contributed by atoms with Gasteiger partial charge in [-0.05, 0) is 50.9 Å². The summed E-state index contributed by atoms with van der Waals surface area (Å²) in [5.41, 5.74) is 1.71. The predicted molar refractivity (Wildman–Crippen MR) is 128 cm³/mol. The average molecular weight is 453 g/mol. The third-order valence-corrected chi connectivity index (χ3v) is 6.28. The summed E-state index contributed by atoms with van der Waals surface area (Å²) in [4.78, 5) is 27.0. The van der Waals surface area contributed by atoms with Crippen molar-refractivity contribution in [2.24, 2.45) is 5.92 Å². The van der Waals surface area contributed by atoms with E-state index in [0.717, 1.165) is 47.7 Å². The molecule has 0 spiro atoms. The first-order valence-electron chi connectivity index (χ1n) is 11.6. The van der Waals surface area contributed by atoms with Crippen molar-refractivity contribution >= 4 is 33.9 Å². The van der Waals surface area contributed by atoms with E-state index in [1.54, 1.807) is 4.57 Å². The number of amides is 2. The highest BCUT2D eigenvalue weighted by Crippen LogP contribution is 2.29. The molecule has 1 atom stereocenters. The van der Waals surface area contributed by atoms with Gasteiger partial charge in [0.15, 0.2) is 0 Å². The lowest BCUT2D eigenvalue weighted by atomic mass is 9.97. The third kappa shape index (κ3) is 5.29. The zero-order valence-corrected chi connectivity index (χ0v) is 19.0. The zero-order valence-electron chi connectivity index (χ0n) is 19.0. The van der Waals surface area contributed by atoms with Crippen LogP contribution in [-0.2, 0) is 4.74 Å². The van der Waals surface area contributed by atoms with Crippen LogP contribution in [0.5, 0.6) is 0 Å². The Morgan fingerprint density at radius 1 is 1.06 bits per heavy atom. The predicted octanol–water partition coefficient (Wildman–Crippen LogP) is 3.17. The van der Waals surface area contributed by atoms with E-state index in [2.05, 4.69) is 15.5 Å². The molecule has 0 saturated carbocycles. The molecule has 0 unspecified atom stereocenters. The number of hydrogen-bond acceptors (Lipinski definition) is 5. The van der Waals surface area contributed by atoms with Gasteiger partial charge in [0, 0.05) is 23.9 Å². The Bertz CT molecular complexity index is 1050. The van der Waals surface area contributed by atoms with Gasteiger partial charge in [0.1, 0.15) is 0 Å². The summed E-state index contributed by atoms with van der Waals surface area (Å²) >= 11 is 0. The monoisotopic (exact) mass is 452 g/mol. The van der Waals surface area contributed by atoms with Gasteiger partial charge in [0.25, 0.3) is 0 Å². The van der Waals surface area contributed by atoms with E-state index >= 15 is 0 Å². The maximum absolute atomic E-state index is 13.0. The molecule has 8 heteroatoms. The summed E-state index contributed by atoms with van der Waals surface area (Å²) in [6.45, 7) is 4.95. The molecule has 3 N–H and O–H groups in total. The number of hydrogen-bond donors (Lipinski definition) is 3. The summed E-state index contributed by atoms with van der Waals surface area (Å²) < 4.78 is 7.42. The molecule has 0 bridgehead atoms. The van der Waals surface area contributed by atoms with Crippen LogP contribution in [0.2, 0.25) is 0 Å². The molecule has 2 heterocycles. The van der Waals surface area contributed by atoms with Crippen molar-refractivity contribution in [1.29, 1.82) is 0 Å². The van der Waals surface area contributed by atoms with Crippen molar-refractivity contribution in [2.75, 3.05) is 39.4 Å². The number of rotatable bonds is 7. The summed E-state index contributed by atoms with van der Waals surface area (Å²) in [6, 6.07) is 15.2. The Morgan fingerprint density at radius 2 is 1.67 bits per heavy atom. The van der Waals surface area contributed by atoms with Gasteiger partial charge < -0.3 is 25.4 Å². The van der Waals surface area contributed by atoms with E-state index in [9.17, 15) is 14.7 Å². The van der Waals surface area contributed by atoms with E-state index in [-0.39, 0.29) is 24.8 Å². The quantitative estimate of drug-likeness (QED) is 0.512. The largest absolute Gasteiger partial charge is 0.449 e. The SMILES string of the molecule is CCNC(=O)N[C@@H](CO)CN1CCC(COC(=O)n2c3ccccc3c3ccccc32)CC1. The molecule has 1 aromatic heterocycles. The summed E-state index contributed by atoms with van der Waals surface area (Å²) in [6.07, 6.45) is 1.46. The first-order valence-corrected chi connectivity index (χ1v) is 11.6. The molecule has 8 nitrogen and oxygen atoms in total. The summed E-state index contributed by atoms with van der Waals surface area (Å²) in [5.74, 6) is 0.294. The third-order valence-electron chi connectivity index (χ3n) is 6.28. The maximum Gasteiger partial charge on any atom is 0.418 e. The van der Waals surface area contributed by atoms with Crippen molar-refractivity contribution < 1.29 is 19.4 Å². The Hall–Kier alpha value is -3.10. The van der Waals surface area contributed by atoms with Crippen molar-refractivity contribution in [2.45, 2.75) is 25.8 Å². The van der Waals surface area contributed by atoms with Gasteiger partial charge in [-0.3, -0.25) is 0 Å². The summed E-state index contributed by atoms with van der Waals surface area (Å²) in [5, 5.41) is 17.1. The van der Waals surface area contributed by atoms with Crippen LogP contribution in [0.3, 0.4) is 0 Å². The number of urea groups is 1. The van der Waals surface area contributed by atoms with E-state index in [4.69, 9.17) is 4.74 Å². The minimum absolute atomic E-state index is 0.104. The molecule has 4 rings (SSSR count). The second kappa shape index (κ2) is 10.7. The molecule has 2 aromatic carbocycles. The Kier molecular flexibility index (Phi) is 7.47. The highest BCUT2D eigenvalue weighted by atomic mass is 16.5. The molecular weight excluding hydrogens is 420 g/mol. The van der Waals surface area contributed by atoms with Crippen LogP contribution in [0, 0.1) is 5.92 Å². The normalized spacial score (nSPS) is 16.1. The Morgan fingerprint density at radius 3 is 2.24 bits per heavy atom. The topological polar surface area (TPSA) is 95.8 Å². The molecule has 1 fully saturated rings. The number of para-hydroxylation sites is 2. The van der Waals surface area contributed by atoms with Crippen LogP contribution >= 0.6 is 0 Å². The summed E-state index contributed by atoms with van der Waals surface area (Å²) in [7, 11) is 0. The maximum atomic E-state index is 13.0. The Labute approximate surface area is 193 Å². The van der Waals surface area contributed by atoms with Crippen LogP contribution in [0.4, 0.5) is 9.59 Å². The smallest absolute Gasteiger partial charge is 0.418 e. The van der Waals surface area contributed by atoms with Crippen molar-refractivity contribution in [3.8, 4) is 0 Å². The first-order chi connectivity index (χ1) is 16.1. The molecule has 0 radical (unpaired) electrons. The zero-order chi connectivity index (χ0) is 23.2. The molecule has 2 amide bonds. The number of aliphatic hydroxyl groups is 1. The fourth-order valence-electron chi connectivity index (χ4n) is 4.57. The minimum Gasteiger partial charge on any atom is -0.449 e. The van der Waals surface area contributed by atoms with Crippen LogP contribution in [0.1, 0.15) is 19.8 Å². The number of ether oxygens (including phenoxy) is 1. The fourth-order valence-corrected chi connectivity index (χ4v) is 4.57. The second-order valence-electron chi connectivity index (χ2n) is 8.57. The number of benzene rings is 2. The van der Waals surface area contributed by atoms with Gasteiger partial charge in [-0.1, -0.05) is 36.4 Å². The number of carbonyl (C=O) groups is 2. The van der Waals surface area contributed by atoms with E-state index in [1.165, 1.54) is 0 Å². The number of nitrogens with zero attached hydrogens (tertiary/aromatic N) is 2. The molecule has 3 aromatic rings. The molecule has 1 aliphatic rings. The first kappa shape index (κ1) is 23.1. The molecule has 0 aliphatic carbocycles. The van der Waals surface area contributed by atoms with Gasteiger partial charge in [-0.2, -0.15) is 0 Å². The Balaban J connectivity index is 1.31. The number of likely N-dealkylation sites (tertiary alicyclic amines) is 1. The van der Waals surface area contributed by atoms with Crippen LogP contribution < -0.4 is 10.6 Å². The lowest BCUT2D eigenvalue weighted by Gasteiger charge is -2.33. The van der Waals surface area contributed by atoms with Gasteiger partial charge in [-0.15, -0.1) is 0 Å². The number of piperidine rings is 1. The van der Waals surface area contributed by atoms with E-state index in [1.807, 2.05) is 55.5 Å². The van der Waals surface area contributed by atoms with Gasteiger partial charge in [0.05, 0.1) is 30.3 Å². The van der Waals surface area contributed by atoms with Gasteiger partial charge in [-0.25, -0.2) is 14.2 Å². The molecule has 1 saturated heterocycles. The fraction of sp³-hybridized carbons (Fsp3) is 0.440. The molecule has 176 valence electrons. The van der Waals surface area contributed by atoms with Crippen molar-refractivity contribution in [1.82, 2.24) is 20.1 Å². The lowest BCUT2D eigenvalue weighted by molar-refractivity contribution is 0.0912. The number of aromatic nitrogens is 1. The van der Waals surface area contributed by atoms with Crippen molar-refractivity contribution in [3.05, 3.63) is 48.5 Å². The number of fused-ring (bicyclic) bond motifs is 3. The second-order valence-corrected chi connectivity index (χ2v) is 8.57. The lowest BCUT2D eigenvalue weighted by Crippen LogP contribution is -2.50. The van der Waals surface area contributed by atoms with Gasteiger partial charge in [0.2, 0.25) is 0 Å². The molecule has 1 aliphatic heterocycles. The van der Waals surface area contributed by atoms with Crippen LogP contribution in [0.15, 0.2) is 48.5 Å². The highest BCUT2D eigenvalue weighted by Gasteiger charge is 2.24. The number of aliphatic hydroxyl groups excluding tert-OH is 1. The van der Waals surface area contributed by atoms with Crippen LogP contribution in [-0.4, -0.2) is 72.1 Å². The van der Waals surface area contributed by atoms with Crippen molar-refractivity contribution in [3.63, 3.8) is 0 Å². The highest BCUT2D eigenvalue weighted by molar-refractivity contribution is 6.12.